The summed E-state index contributed by atoms with van der Waals surface area (Å²) in [6, 6.07) is 0. The van der Waals surface area contributed by atoms with Crippen LogP contribution in [0.4, 0.5) is 5.95 Å². The largest absolute Gasteiger partial charge is 0.392 e. The molecule has 0 radical (unpaired) electrons. The van der Waals surface area contributed by atoms with Crippen molar-refractivity contribution in [3.05, 3.63) is 18.0 Å². The molecule has 2 rings (SSSR count). The smallest absolute Gasteiger partial charge is 0.198 e. The number of anilines is 1. The molecule has 6 nitrogen and oxygen atoms in total. The van der Waals surface area contributed by atoms with Crippen LogP contribution in [0.3, 0.4) is 0 Å². The molecule has 2 aliphatic rings. The van der Waals surface area contributed by atoms with Gasteiger partial charge in [-0.3, -0.25) is 4.98 Å². The predicted octanol–water partition coefficient (Wildman–Crippen LogP) is 0.695. The molecule has 0 amide bonds. The van der Waals surface area contributed by atoms with Crippen LogP contribution >= 0.6 is 11.8 Å². The van der Waals surface area contributed by atoms with E-state index in [2.05, 4.69) is 20.3 Å². The van der Waals surface area contributed by atoms with Crippen molar-refractivity contribution in [2.45, 2.75) is 19.1 Å². The van der Waals surface area contributed by atoms with Gasteiger partial charge in [-0.1, -0.05) is 0 Å². The molecule has 19 heavy (non-hydrogen) atoms. The first-order valence-corrected chi connectivity index (χ1v) is 7.56. The summed E-state index contributed by atoms with van der Waals surface area (Å²) in [6.07, 6.45) is 6.05. The molecular weight excluding hydrogens is 262 g/mol. The van der Waals surface area contributed by atoms with Gasteiger partial charge in [0.05, 0.1) is 6.10 Å². The van der Waals surface area contributed by atoms with Crippen LogP contribution in [-0.4, -0.2) is 44.7 Å². The maximum Gasteiger partial charge on any atom is 0.198 e. The number of H-pyrrole nitrogens is 1. The van der Waals surface area contributed by atoms with E-state index in [-0.39, 0.29) is 6.10 Å². The molecule has 7 heteroatoms. The third-order valence-electron chi connectivity index (χ3n) is 2.85. The Bertz CT molecular complexity index is 489. The highest BCUT2D eigenvalue weighted by Gasteiger charge is 2.13. The topological polar surface area (TPSA) is 99.8 Å². The van der Waals surface area contributed by atoms with Crippen LogP contribution in [0.25, 0.3) is 11.4 Å². The molecule has 1 unspecified atom stereocenters. The molecule has 0 saturated heterocycles. The summed E-state index contributed by atoms with van der Waals surface area (Å²) in [7, 11) is 0. The number of aliphatic hydroxyl groups excluding tert-OH is 1. The van der Waals surface area contributed by atoms with Crippen LogP contribution in [0.5, 0.6) is 0 Å². The van der Waals surface area contributed by atoms with Crippen LogP contribution in [-0.2, 0) is 6.54 Å². The maximum absolute atomic E-state index is 9.73. The number of aliphatic hydroxyl groups is 1. The number of aromatic amines is 1. The molecule has 0 aromatic carbocycles. The fourth-order valence-corrected chi connectivity index (χ4v) is 2.33. The first-order valence-electron chi connectivity index (χ1n) is 6.17. The SMILES string of the molecule is CSCCC(O)CNCc1cnc2c[nH]c(N)nc1-2. The van der Waals surface area contributed by atoms with E-state index in [1.807, 2.05) is 6.26 Å². The number of hydrogen-bond donors (Lipinski definition) is 4. The Labute approximate surface area is 116 Å². The van der Waals surface area contributed by atoms with Crippen LogP contribution in [0.1, 0.15) is 12.0 Å². The Morgan fingerprint density at radius 3 is 3.21 bits per heavy atom. The summed E-state index contributed by atoms with van der Waals surface area (Å²) in [6.45, 7) is 1.20. The lowest BCUT2D eigenvalue weighted by atomic mass is 10.2. The van der Waals surface area contributed by atoms with Crippen molar-refractivity contribution in [3.63, 3.8) is 0 Å². The standard InChI is InChI=1S/C12H19N5OS/c1-19-3-2-9(18)6-14-4-8-5-15-10-7-16-12(13)17-11(8)10/h5,7,9,14,18H,2-4,6H2,1H3,(H3,13,16,17). The number of hydrogen-bond acceptors (Lipinski definition) is 6. The molecule has 0 aliphatic carbocycles. The second-order valence-electron chi connectivity index (χ2n) is 4.37. The second kappa shape index (κ2) is 6.74. The third kappa shape index (κ3) is 3.82. The van der Waals surface area contributed by atoms with Gasteiger partial charge in [0.15, 0.2) is 5.95 Å². The summed E-state index contributed by atoms with van der Waals surface area (Å²) in [5, 5.41) is 13.0. The minimum absolute atomic E-state index is 0.312. The van der Waals surface area contributed by atoms with Crippen molar-refractivity contribution in [2.24, 2.45) is 0 Å². The van der Waals surface area contributed by atoms with Gasteiger partial charge in [-0.15, -0.1) is 0 Å². The molecule has 2 heterocycles. The monoisotopic (exact) mass is 281 g/mol. The van der Waals surface area contributed by atoms with E-state index in [0.717, 1.165) is 29.1 Å². The number of fused-ring (bicyclic) bond motifs is 1. The van der Waals surface area contributed by atoms with E-state index in [4.69, 9.17) is 5.73 Å². The van der Waals surface area contributed by atoms with Gasteiger partial charge in [-0.05, 0) is 18.4 Å². The Morgan fingerprint density at radius 2 is 2.42 bits per heavy atom. The number of rotatable bonds is 7. The Kier molecular flexibility index (Phi) is 5.00. The molecule has 1 atom stereocenters. The highest BCUT2D eigenvalue weighted by Crippen LogP contribution is 2.22. The normalized spacial score (nSPS) is 12.9. The minimum atomic E-state index is -0.312. The minimum Gasteiger partial charge on any atom is -0.392 e. The molecular formula is C12H19N5OS. The quantitative estimate of drug-likeness (QED) is 0.596. The third-order valence-corrected chi connectivity index (χ3v) is 3.49. The second-order valence-corrected chi connectivity index (χ2v) is 5.35. The zero-order valence-electron chi connectivity index (χ0n) is 10.9. The van der Waals surface area contributed by atoms with Crippen molar-refractivity contribution in [1.82, 2.24) is 20.3 Å². The maximum atomic E-state index is 9.73. The Balaban J connectivity index is 1.87. The van der Waals surface area contributed by atoms with Gasteiger partial charge in [0, 0.05) is 31.0 Å². The zero-order chi connectivity index (χ0) is 13.7. The average molecular weight is 281 g/mol. The number of nitrogens with two attached hydrogens (primary N) is 1. The van der Waals surface area contributed by atoms with Gasteiger partial charge in [-0.2, -0.15) is 11.8 Å². The Hall–Kier alpha value is -1.31. The van der Waals surface area contributed by atoms with Gasteiger partial charge < -0.3 is 21.1 Å². The summed E-state index contributed by atoms with van der Waals surface area (Å²) in [5.74, 6) is 1.35. The van der Waals surface area contributed by atoms with Crippen molar-refractivity contribution < 1.29 is 5.11 Å². The lowest BCUT2D eigenvalue weighted by molar-refractivity contribution is 0.168. The van der Waals surface area contributed by atoms with Gasteiger partial charge in [0.25, 0.3) is 0 Å². The lowest BCUT2D eigenvalue weighted by Gasteiger charge is -2.11. The molecule has 5 N–H and O–H groups in total. The number of aromatic nitrogens is 3. The predicted molar refractivity (Wildman–Crippen MR) is 78.1 cm³/mol. The van der Waals surface area contributed by atoms with E-state index in [0.29, 0.717) is 19.0 Å². The van der Waals surface area contributed by atoms with E-state index in [1.54, 1.807) is 24.2 Å². The lowest BCUT2D eigenvalue weighted by Crippen LogP contribution is -2.26. The fraction of sp³-hybridized carbons (Fsp3) is 0.500. The molecule has 104 valence electrons. The summed E-state index contributed by atoms with van der Waals surface area (Å²) in [5.41, 5.74) is 8.23. The van der Waals surface area contributed by atoms with Crippen molar-refractivity contribution in [2.75, 3.05) is 24.3 Å². The van der Waals surface area contributed by atoms with Gasteiger partial charge in [0.2, 0.25) is 0 Å². The summed E-state index contributed by atoms with van der Waals surface area (Å²) in [4.78, 5) is 11.3. The summed E-state index contributed by atoms with van der Waals surface area (Å²) >= 11 is 1.74. The molecule has 0 aromatic heterocycles. The highest BCUT2D eigenvalue weighted by atomic mass is 32.2. The summed E-state index contributed by atoms with van der Waals surface area (Å²) < 4.78 is 0. The fourth-order valence-electron chi connectivity index (χ4n) is 1.82. The number of nitrogen functional groups attached to an aromatic ring is 1. The van der Waals surface area contributed by atoms with E-state index in [9.17, 15) is 5.11 Å². The van der Waals surface area contributed by atoms with Crippen molar-refractivity contribution in [3.8, 4) is 11.4 Å². The number of nitrogens with one attached hydrogen (secondary N) is 2. The van der Waals surface area contributed by atoms with Crippen LogP contribution in [0.2, 0.25) is 0 Å². The Morgan fingerprint density at radius 1 is 1.58 bits per heavy atom. The van der Waals surface area contributed by atoms with E-state index in [1.165, 1.54) is 0 Å². The molecule has 0 saturated carbocycles. The number of thioether (sulfide) groups is 1. The number of nitrogens with zero attached hydrogens (tertiary/aromatic N) is 2. The van der Waals surface area contributed by atoms with Crippen LogP contribution in [0.15, 0.2) is 12.4 Å². The van der Waals surface area contributed by atoms with E-state index >= 15 is 0 Å². The first-order chi connectivity index (χ1) is 9.20. The molecule has 0 spiro atoms. The van der Waals surface area contributed by atoms with Crippen molar-refractivity contribution in [1.29, 1.82) is 0 Å². The van der Waals surface area contributed by atoms with Crippen molar-refractivity contribution >= 4 is 17.7 Å². The molecule has 2 aliphatic heterocycles. The van der Waals surface area contributed by atoms with Crippen LogP contribution < -0.4 is 11.1 Å². The van der Waals surface area contributed by atoms with Gasteiger partial charge >= 0.3 is 0 Å². The zero-order valence-corrected chi connectivity index (χ0v) is 11.7. The molecule has 0 bridgehead atoms. The highest BCUT2D eigenvalue weighted by molar-refractivity contribution is 7.98. The molecule has 0 fully saturated rings. The van der Waals surface area contributed by atoms with Gasteiger partial charge in [-0.25, -0.2) is 4.98 Å². The van der Waals surface area contributed by atoms with E-state index < -0.39 is 0 Å². The first kappa shape index (κ1) is 14.1. The van der Waals surface area contributed by atoms with Gasteiger partial charge in [0.1, 0.15) is 11.4 Å². The van der Waals surface area contributed by atoms with Crippen LogP contribution in [0, 0.1) is 0 Å². The average Bonchev–Trinajstić information content (AvgIpc) is 2.79. The molecule has 0 aromatic rings.